The third kappa shape index (κ3) is 3.90. The van der Waals surface area contributed by atoms with Crippen LogP contribution in [0, 0.1) is 0 Å². The molecule has 1 saturated heterocycles. The van der Waals surface area contributed by atoms with E-state index in [1.54, 1.807) is 0 Å². The summed E-state index contributed by atoms with van der Waals surface area (Å²) in [7, 11) is -2.25. The first-order valence-corrected chi connectivity index (χ1v) is 7.94. The second-order valence-electron chi connectivity index (χ2n) is 4.23. The zero-order chi connectivity index (χ0) is 14.0. The average Bonchev–Trinajstić information content (AvgIpc) is 2.83. The molecule has 1 unspecified atom stereocenters. The van der Waals surface area contributed by atoms with Gasteiger partial charge in [0.05, 0.1) is 17.2 Å². The molecule has 2 rings (SSSR count). The Labute approximate surface area is 134 Å². The molecule has 0 aliphatic carbocycles. The Morgan fingerprint density at radius 3 is 2.60 bits per heavy atom. The molecule has 0 bridgehead atoms. The van der Waals surface area contributed by atoms with Gasteiger partial charge in [-0.15, -0.1) is 12.4 Å². The number of ether oxygens (including phenoxy) is 1. The molecule has 1 aromatic carbocycles. The molecule has 20 heavy (non-hydrogen) atoms. The van der Waals surface area contributed by atoms with E-state index < -0.39 is 10.0 Å². The topological polar surface area (TPSA) is 67.4 Å². The number of hydrogen-bond donors (Lipinski definition) is 2. The van der Waals surface area contributed by atoms with E-state index in [4.69, 9.17) is 27.9 Å². The molecule has 1 heterocycles. The van der Waals surface area contributed by atoms with Crippen LogP contribution in [0.5, 0.6) is 5.75 Å². The van der Waals surface area contributed by atoms with E-state index in [0.717, 1.165) is 13.0 Å². The van der Waals surface area contributed by atoms with E-state index in [-0.39, 0.29) is 33.4 Å². The van der Waals surface area contributed by atoms with Crippen LogP contribution >= 0.6 is 35.6 Å². The van der Waals surface area contributed by atoms with Crippen molar-refractivity contribution in [3.63, 3.8) is 0 Å². The monoisotopic (exact) mass is 360 g/mol. The molecule has 0 spiro atoms. The number of nitrogens with one attached hydrogen (secondary N) is 2. The first-order valence-electron chi connectivity index (χ1n) is 5.70. The van der Waals surface area contributed by atoms with Gasteiger partial charge in [-0.05, 0) is 19.0 Å². The molecule has 9 heteroatoms. The van der Waals surface area contributed by atoms with Crippen molar-refractivity contribution in [1.82, 2.24) is 10.0 Å². The number of hydrogen-bond acceptors (Lipinski definition) is 4. The van der Waals surface area contributed by atoms with E-state index in [1.165, 1.54) is 19.2 Å². The van der Waals surface area contributed by atoms with Crippen molar-refractivity contribution in [2.24, 2.45) is 0 Å². The van der Waals surface area contributed by atoms with E-state index in [1.807, 2.05) is 0 Å². The smallest absolute Gasteiger partial charge is 0.242 e. The minimum absolute atomic E-state index is 0. The molecular formula is C11H15Cl3N2O3S. The molecule has 1 aliphatic heterocycles. The van der Waals surface area contributed by atoms with Crippen molar-refractivity contribution < 1.29 is 13.2 Å². The molecule has 0 aromatic heterocycles. The molecule has 114 valence electrons. The highest BCUT2D eigenvalue weighted by Crippen LogP contribution is 2.33. The lowest BCUT2D eigenvalue weighted by molar-refractivity contribution is 0.414. The fourth-order valence-electron chi connectivity index (χ4n) is 1.91. The largest absolute Gasteiger partial charge is 0.495 e. The standard InChI is InChI=1S/C11H14Cl2N2O3S.ClH/c1-18-10-4-9(13)11(5-8(10)12)19(16,17)15-7-2-3-14-6-7;/h4-5,7,14-15H,2-3,6H2,1H3;1H. The molecule has 0 saturated carbocycles. The van der Waals surface area contributed by atoms with Crippen molar-refractivity contribution in [1.29, 1.82) is 0 Å². The molecule has 2 N–H and O–H groups in total. The van der Waals surface area contributed by atoms with E-state index in [2.05, 4.69) is 10.0 Å². The van der Waals surface area contributed by atoms with Crippen LogP contribution in [0.15, 0.2) is 17.0 Å². The highest BCUT2D eigenvalue weighted by atomic mass is 35.5. The van der Waals surface area contributed by atoms with E-state index in [9.17, 15) is 8.42 Å². The zero-order valence-corrected chi connectivity index (χ0v) is 13.8. The van der Waals surface area contributed by atoms with Crippen LogP contribution in [0.25, 0.3) is 0 Å². The maximum Gasteiger partial charge on any atom is 0.242 e. The Hall–Kier alpha value is -0.240. The predicted molar refractivity (Wildman–Crippen MR) is 81.9 cm³/mol. The third-order valence-corrected chi connectivity index (χ3v) is 5.16. The summed E-state index contributed by atoms with van der Waals surface area (Å²) in [5.74, 6) is 0.341. The molecule has 1 aliphatic rings. The van der Waals surface area contributed by atoms with Gasteiger partial charge in [-0.1, -0.05) is 23.2 Å². The van der Waals surface area contributed by atoms with Crippen LogP contribution in [0.3, 0.4) is 0 Å². The SMILES string of the molecule is COc1cc(Cl)c(S(=O)(=O)NC2CCNC2)cc1Cl.Cl. The van der Waals surface area contributed by atoms with Gasteiger partial charge in [-0.25, -0.2) is 13.1 Å². The Morgan fingerprint density at radius 1 is 1.35 bits per heavy atom. The van der Waals surface area contributed by atoms with Gasteiger partial charge in [0.25, 0.3) is 0 Å². The number of sulfonamides is 1. The fourth-order valence-corrected chi connectivity index (χ4v) is 4.03. The van der Waals surface area contributed by atoms with Crippen LogP contribution in [-0.4, -0.2) is 34.7 Å². The molecule has 1 aromatic rings. The van der Waals surface area contributed by atoms with Gasteiger partial charge in [0, 0.05) is 18.7 Å². The second kappa shape index (κ2) is 7.15. The first-order chi connectivity index (χ1) is 8.94. The van der Waals surface area contributed by atoms with Crippen LogP contribution in [0.4, 0.5) is 0 Å². The van der Waals surface area contributed by atoms with Crippen molar-refractivity contribution in [2.75, 3.05) is 20.2 Å². The molecule has 5 nitrogen and oxygen atoms in total. The maximum atomic E-state index is 12.2. The summed E-state index contributed by atoms with van der Waals surface area (Å²) >= 11 is 11.9. The van der Waals surface area contributed by atoms with E-state index in [0.29, 0.717) is 12.3 Å². The van der Waals surface area contributed by atoms with Crippen LogP contribution in [-0.2, 0) is 10.0 Å². The van der Waals surface area contributed by atoms with Crippen LogP contribution in [0.2, 0.25) is 10.0 Å². The van der Waals surface area contributed by atoms with Gasteiger partial charge in [0.1, 0.15) is 10.6 Å². The summed E-state index contributed by atoms with van der Waals surface area (Å²) in [5, 5.41) is 3.37. The summed E-state index contributed by atoms with van der Waals surface area (Å²) < 4.78 is 32.1. The first kappa shape index (κ1) is 17.8. The zero-order valence-electron chi connectivity index (χ0n) is 10.7. The van der Waals surface area contributed by atoms with Gasteiger partial charge in [-0.3, -0.25) is 0 Å². The molecule has 1 atom stereocenters. The predicted octanol–water partition coefficient (Wildman–Crippen LogP) is 2.06. The number of rotatable bonds is 4. The summed E-state index contributed by atoms with van der Waals surface area (Å²) in [6.45, 7) is 1.41. The van der Waals surface area contributed by atoms with Gasteiger partial charge in [0.15, 0.2) is 0 Å². The minimum Gasteiger partial charge on any atom is -0.495 e. The quantitative estimate of drug-likeness (QED) is 0.861. The molecular weight excluding hydrogens is 347 g/mol. The maximum absolute atomic E-state index is 12.2. The number of halogens is 3. The van der Waals surface area contributed by atoms with Crippen LogP contribution in [0.1, 0.15) is 6.42 Å². The highest BCUT2D eigenvalue weighted by molar-refractivity contribution is 7.89. The van der Waals surface area contributed by atoms with Crippen LogP contribution < -0.4 is 14.8 Å². The Bertz CT molecular complexity index is 575. The Kier molecular flexibility index (Phi) is 6.37. The number of methoxy groups -OCH3 is 1. The lowest BCUT2D eigenvalue weighted by Crippen LogP contribution is -2.36. The molecule has 0 radical (unpaired) electrons. The normalized spacial score (nSPS) is 18.6. The van der Waals surface area contributed by atoms with E-state index >= 15 is 0 Å². The second-order valence-corrected chi connectivity index (χ2v) is 6.72. The summed E-state index contributed by atoms with van der Waals surface area (Å²) in [6.07, 6.45) is 0.751. The average molecular weight is 362 g/mol. The Balaban J connectivity index is 0.00000200. The van der Waals surface area contributed by atoms with Crippen molar-refractivity contribution in [3.05, 3.63) is 22.2 Å². The Morgan fingerprint density at radius 2 is 2.05 bits per heavy atom. The lowest BCUT2D eigenvalue weighted by atomic mass is 10.3. The number of benzene rings is 1. The molecule has 0 amide bonds. The lowest BCUT2D eigenvalue weighted by Gasteiger charge is -2.14. The van der Waals surface area contributed by atoms with Crippen molar-refractivity contribution >= 4 is 45.6 Å². The fraction of sp³-hybridized carbons (Fsp3) is 0.455. The highest BCUT2D eigenvalue weighted by Gasteiger charge is 2.25. The van der Waals surface area contributed by atoms with Gasteiger partial charge >= 0.3 is 0 Å². The summed E-state index contributed by atoms with van der Waals surface area (Å²) in [4.78, 5) is -0.0353. The third-order valence-electron chi connectivity index (χ3n) is 2.88. The minimum atomic E-state index is -3.68. The van der Waals surface area contributed by atoms with Crippen molar-refractivity contribution in [2.45, 2.75) is 17.4 Å². The molecule has 1 fully saturated rings. The van der Waals surface area contributed by atoms with Crippen molar-refractivity contribution in [3.8, 4) is 5.75 Å². The van der Waals surface area contributed by atoms with Gasteiger partial charge in [-0.2, -0.15) is 0 Å². The van der Waals surface area contributed by atoms with Gasteiger partial charge in [0.2, 0.25) is 10.0 Å². The van der Waals surface area contributed by atoms with Gasteiger partial charge < -0.3 is 10.1 Å². The summed E-state index contributed by atoms with van der Waals surface area (Å²) in [5.41, 5.74) is 0. The summed E-state index contributed by atoms with van der Waals surface area (Å²) in [6, 6.07) is 2.57.